The number of pyridine rings is 1. The monoisotopic (exact) mass is 343 g/mol. The summed E-state index contributed by atoms with van der Waals surface area (Å²) < 4.78 is 6.82. The zero-order valence-corrected chi connectivity index (χ0v) is 14.4. The molecule has 2 fully saturated rings. The van der Waals surface area contributed by atoms with E-state index in [1.54, 1.807) is 6.07 Å². The molecule has 2 aliphatic rings. The summed E-state index contributed by atoms with van der Waals surface area (Å²) in [6.07, 6.45) is 3.03. The minimum atomic E-state index is -0.418. The number of carbonyl (C=O) groups excluding carboxylic acids is 2. The molecule has 1 N–H and O–H groups in total. The molecular formula is C17H21N5O3. The normalized spacial score (nSPS) is 22.8. The highest BCUT2D eigenvalue weighted by atomic mass is 16.5. The third-order valence-corrected chi connectivity index (χ3v) is 5.11. The number of amides is 1. The summed E-state index contributed by atoms with van der Waals surface area (Å²) in [5, 5.41) is 3.05. The number of anilines is 1. The first-order valence-corrected chi connectivity index (χ1v) is 8.59. The summed E-state index contributed by atoms with van der Waals surface area (Å²) >= 11 is 0. The zero-order valence-electron chi connectivity index (χ0n) is 14.4. The lowest BCUT2D eigenvalue weighted by Gasteiger charge is -2.35. The maximum atomic E-state index is 11.7. The van der Waals surface area contributed by atoms with Crippen molar-refractivity contribution in [1.29, 1.82) is 0 Å². The van der Waals surface area contributed by atoms with Crippen LogP contribution in [-0.2, 0) is 16.1 Å². The standard InChI is InChI=1S/C17H21N5O3/c1-3-22-15-13(6-10(8-18-15)16(24)25-2)20-17(22)21-5-4-12-11(9-21)7-14(23)19-12/h6,8,11-12H,3-5,7,9H2,1-2H3,(H,19,23)/t11-,12+/m1/s1. The fourth-order valence-corrected chi connectivity index (χ4v) is 3.88. The molecule has 2 atom stereocenters. The molecule has 0 saturated carbocycles. The summed E-state index contributed by atoms with van der Waals surface area (Å²) in [6, 6.07) is 2.00. The molecule has 0 aliphatic carbocycles. The smallest absolute Gasteiger partial charge is 0.339 e. The van der Waals surface area contributed by atoms with Crippen molar-refractivity contribution in [2.45, 2.75) is 32.4 Å². The number of aryl methyl sites for hydroxylation is 1. The van der Waals surface area contributed by atoms with Gasteiger partial charge in [-0.05, 0) is 19.4 Å². The van der Waals surface area contributed by atoms with Gasteiger partial charge in [0.2, 0.25) is 11.9 Å². The molecule has 8 nitrogen and oxygen atoms in total. The number of fused-ring (bicyclic) bond motifs is 2. The van der Waals surface area contributed by atoms with Gasteiger partial charge < -0.3 is 15.0 Å². The first-order chi connectivity index (χ1) is 12.1. The highest BCUT2D eigenvalue weighted by Crippen LogP contribution is 2.30. The van der Waals surface area contributed by atoms with E-state index < -0.39 is 5.97 Å². The van der Waals surface area contributed by atoms with Gasteiger partial charge >= 0.3 is 5.97 Å². The van der Waals surface area contributed by atoms with Crippen LogP contribution in [0.5, 0.6) is 0 Å². The molecule has 132 valence electrons. The third kappa shape index (κ3) is 2.61. The number of esters is 1. The van der Waals surface area contributed by atoms with Crippen molar-refractivity contribution in [3.05, 3.63) is 17.8 Å². The van der Waals surface area contributed by atoms with Gasteiger partial charge in [0.15, 0.2) is 5.65 Å². The average Bonchev–Trinajstić information content (AvgIpc) is 3.18. The van der Waals surface area contributed by atoms with Crippen molar-refractivity contribution in [3.8, 4) is 0 Å². The number of hydrogen-bond acceptors (Lipinski definition) is 6. The third-order valence-electron chi connectivity index (χ3n) is 5.11. The van der Waals surface area contributed by atoms with Crippen LogP contribution in [-0.4, -0.2) is 52.7 Å². The topological polar surface area (TPSA) is 89.3 Å². The Morgan fingerprint density at radius 2 is 2.32 bits per heavy atom. The number of rotatable bonds is 3. The van der Waals surface area contributed by atoms with E-state index in [2.05, 4.69) is 19.8 Å². The van der Waals surface area contributed by atoms with Gasteiger partial charge in [-0.25, -0.2) is 14.8 Å². The Kier molecular flexibility index (Phi) is 3.82. The van der Waals surface area contributed by atoms with E-state index in [1.165, 1.54) is 13.3 Å². The van der Waals surface area contributed by atoms with Crippen molar-refractivity contribution in [1.82, 2.24) is 19.9 Å². The molecule has 25 heavy (non-hydrogen) atoms. The van der Waals surface area contributed by atoms with Crippen molar-refractivity contribution in [3.63, 3.8) is 0 Å². The van der Waals surface area contributed by atoms with Crippen molar-refractivity contribution < 1.29 is 14.3 Å². The van der Waals surface area contributed by atoms with Crippen LogP contribution in [0.2, 0.25) is 0 Å². The molecule has 2 aromatic heterocycles. The van der Waals surface area contributed by atoms with Crippen LogP contribution in [0, 0.1) is 5.92 Å². The van der Waals surface area contributed by atoms with Crippen LogP contribution in [0.25, 0.3) is 11.2 Å². The van der Waals surface area contributed by atoms with Crippen molar-refractivity contribution in [2.24, 2.45) is 5.92 Å². The van der Waals surface area contributed by atoms with Gasteiger partial charge in [0.1, 0.15) is 5.52 Å². The number of methoxy groups -OCH3 is 1. The first kappa shape index (κ1) is 15.9. The molecule has 0 spiro atoms. The minimum Gasteiger partial charge on any atom is -0.465 e. The number of nitrogens with zero attached hydrogens (tertiary/aromatic N) is 4. The van der Waals surface area contributed by atoms with E-state index in [9.17, 15) is 9.59 Å². The molecule has 0 bridgehead atoms. The van der Waals surface area contributed by atoms with Crippen LogP contribution in [0.3, 0.4) is 0 Å². The quantitative estimate of drug-likeness (QED) is 0.835. The molecule has 2 aliphatic heterocycles. The van der Waals surface area contributed by atoms with Gasteiger partial charge in [-0.2, -0.15) is 0 Å². The summed E-state index contributed by atoms with van der Waals surface area (Å²) in [4.78, 5) is 34.8. The van der Waals surface area contributed by atoms with Crippen LogP contribution in [0.15, 0.2) is 12.3 Å². The van der Waals surface area contributed by atoms with Crippen LogP contribution >= 0.6 is 0 Å². The number of ether oxygens (including phenoxy) is 1. The highest BCUT2D eigenvalue weighted by molar-refractivity contribution is 5.92. The first-order valence-electron chi connectivity index (χ1n) is 8.59. The van der Waals surface area contributed by atoms with E-state index in [-0.39, 0.29) is 11.9 Å². The van der Waals surface area contributed by atoms with Gasteiger partial charge in [-0.15, -0.1) is 0 Å². The van der Waals surface area contributed by atoms with Crippen LogP contribution < -0.4 is 10.2 Å². The molecule has 1 amide bonds. The zero-order chi connectivity index (χ0) is 17.6. The Bertz CT molecular complexity index is 846. The summed E-state index contributed by atoms with van der Waals surface area (Å²) in [5.74, 6) is 0.901. The molecule has 8 heteroatoms. The lowest BCUT2D eigenvalue weighted by Crippen LogP contribution is -2.45. The molecule has 0 unspecified atom stereocenters. The molecule has 2 aromatic rings. The Morgan fingerprint density at radius 3 is 3.08 bits per heavy atom. The molecule has 4 heterocycles. The Balaban J connectivity index is 1.69. The number of imidazole rings is 1. The van der Waals surface area contributed by atoms with Gasteiger partial charge in [-0.1, -0.05) is 0 Å². The Morgan fingerprint density at radius 1 is 1.48 bits per heavy atom. The summed E-state index contributed by atoms with van der Waals surface area (Å²) in [5.41, 5.74) is 1.84. The lowest BCUT2D eigenvalue weighted by atomic mass is 9.93. The summed E-state index contributed by atoms with van der Waals surface area (Å²) in [6.45, 7) is 4.43. The minimum absolute atomic E-state index is 0.144. The van der Waals surface area contributed by atoms with Crippen LogP contribution in [0.1, 0.15) is 30.1 Å². The van der Waals surface area contributed by atoms with Gasteiger partial charge in [0.05, 0.1) is 12.7 Å². The summed E-state index contributed by atoms with van der Waals surface area (Å²) in [7, 11) is 1.35. The SMILES string of the molecule is CCn1c(N2CC[C@@H]3NC(=O)C[C@@H]3C2)nc2cc(C(=O)OC)cnc21. The maximum Gasteiger partial charge on any atom is 0.339 e. The Hall–Kier alpha value is -2.64. The second-order valence-electron chi connectivity index (χ2n) is 6.59. The van der Waals surface area contributed by atoms with Gasteiger partial charge in [0.25, 0.3) is 0 Å². The predicted octanol–water partition coefficient (Wildman–Crippen LogP) is 0.953. The van der Waals surface area contributed by atoms with Crippen molar-refractivity contribution >= 4 is 29.0 Å². The second-order valence-corrected chi connectivity index (χ2v) is 6.59. The second kappa shape index (κ2) is 6.02. The lowest BCUT2D eigenvalue weighted by molar-refractivity contribution is -0.119. The van der Waals surface area contributed by atoms with E-state index in [4.69, 9.17) is 9.72 Å². The number of aromatic nitrogens is 3. The van der Waals surface area contributed by atoms with E-state index >= 15 is 0 Å². The van der Waals surface area contributed by atoms with E-state index in [0.717, 1.165) is 37.7 Å². The van der Waals surface area contributed by atoms with Gasteiger partial charge in [-0.3, -0.25) is 9.36 Å². The molecular weight excluding hydrogens is 322 g/mol. The van der Waals surface area contributed by atoms with Gasteiger partial charge in [0, 0.05) is 44.2 Å². The molecule has 2 saturated heterocycles. The fraction of sp³-hybridized carbons (Fsp3) is 0.529. The van der Waals surface area contributed by atoms with E-state index in [0.29, 0.717) is 23.4 Å². The predicted molar refractivity (Wildman–Crippen MR) is 91.4 cm³/mol. The average molecular weight is 343 g/mol. The largest absolute Gasteiger partial charge is 0.465 e. The molecule has 4 rings (SSSR count). The number of piperidine rings is 1. The molecule has 0 radical (unpaired) electrons. The van der Waals surface area contributed by atoms with E-state index in [1.807, 2.05) is 6.92 Å². The Labute approximate surface area is 145 Å². The maximum absolute atomic E-state index is 11.7. The van der Waals surface area contributed by atoms with Crippen LogP contribution in [0.4, 0.5) is 5.95 Å². The number of hydrogen-bond donors (Lipinski definition) is 1. The van der Waals surface area contributed by atoms with Crippen molar-refractivity contribution in [2.75, 3.05) is 25.1 Å². The highest BCUT2D eigenvalue weighted by Gasteiger charge is 2.38. The fourth-order valence-electron chi connectivity index (χ4n) is 3.88. The number of nitrogens with one attached hydrogen (secondary N) is 1. The number of carbonyl (C=O) groups is 2. The molecule has 0 aromatic carbocycles.